The van der Waals surface area contributed by atoms with Gasteiger partial charge in [0, 0.05) is 30.9 Å². The van der Waals surface area contributed by atoms with Gasteiger partial charge in [-0.2, -0.15) is 5.26 Å². The zero-order valence-electron chi connectivity index (χ0n) is 14.1. The Balaban J connectivity index is 1.54. The highest BCUT2D eigenvalue weighted by atomic mass is 35.5. The van der Waals surface area contributed by atoms with Crippen LogP contribution >= 0.6 is 23.2 Å². The third kappa shape index (κ3) is 4.27. The first-order chi connectivity index (χ1) is 12.6. The molecule has 1 aliphatic rings. The predicted octanol–water partition coefficient (Wildman–Crippen LogP) is 3.91. The molecular weight excluding hydrogens is 371 g/mol. The summed E-state index contributed by atoms with van der Waals surface area (Å²) in [6.45, 7) is 2.21. The largest absolute Gasteiger partial charge is 0.356 e. The lowest BCUT2D eigenvalue weighted by atomic mass is 9.96. The van der Waals surface area contributed by atoms with Gasteiger partial charge in [-0.15, -0.1) is 0 Å². The number of hydrogen-bond donors (Lipinski definition) is 1. The Kier molecular flexibility index (Phi) is 5.97. The Bertz CT molecular complexity index is 842. The number of carbonyl (C=O) groups is 1. The second-order valence-corrected chi connectivity index (χ2v) is 7.09. The number of carbonyl (C=O) groups excluding carboxylic acids is 1. The highest BCUT2D eigenvalue weighted by Gasteiger charge is 2.22. The monoisotopic (exact) mass is 388 g/mol. The van der Waals surface area contributed by atoms with Gasteiger partial charge in [-0.05, 0) is 49.1 Å². The number of halogens is 2. The summed E-state index contributed by atoms with van der Waals surface area (Å²) >= 11 is 12.0. The molecule has 134 valence electrons. The molecule has 26 heavy (non-hydrogen) atoms. The average molecular weight is 389 g/mol. The van der Waals surface area contributed by atoms with Crippen molar-refractivity contribution in [1.82, 2.24) is 10.3 Å². The minimum Gasteiger partial charge on any atom is -0.356 e. The van der Waals surface area contributed by atoms with Crippen molar-refractivity contribution in [1.29, 1.82) is 5.26 Å². The van der Waals surface area contributed by atoms with Crippen LogP contribution in [0.1, 0.15) is 28.8 Å². The fraction of sp³-hybridized carbons (Fsp3) is 0.316. The molecular formula is C19H18Cl2N4O. The van der Waals surface area contributed by atoms with E-state index >= 15 is 0 Å². The van der Waals surface area contributed by atoms with E-state index in [4.69, 9.17) is 23.2 Å². The summed E-state index contributed by atoms with van der Waals surface area (Å²) in [7, 11) is 0. The van der Waals surface area contributed by atoms with Crippen LogP contribution in [0.3, 0.4) is 0 Å². The Morgan fingerprint density at radius 2 is 2.08 bits per heavy atom. The van der Waals surface area contributed by atoms with Crippen LogP contribution in [0, 0.1) is 17.2 Å². The van der Waals surface area contributed by atoms with Gasteiger partial charge in [-0.1, -0.05) is 23.2 Å². The molecule has 1 aromatic heterocycles. The molecule has 0 saturated carbocycles. The Hall–Kier alpha value is -2.29. The molecule has 0 atom stereocenters. The van der Waals surface area contributed by atoms with Gasteiger partial charge in [0.05, 0.1) is 16.1 Å². The lowest BCUT2D eigenvalue weighted by Crippen LogP contribution is -2.39. The smallest absolute Gasteiger partial charge is 0.252 e. The summed E-state index contributed by atoms with van der Waals surface area (Å²) in [6, 6.07) is 10.6. The Morgan fingerprint density at radius 1 is 1.31 bits per heavy atom. The van der Waals surface area contributed by atoms with Crippen molar-refractivity contribution in [2.24, 2.45) is 5.92 Å². The van der Waals surface area contributed by atoms with Crippen LogP contribution in [-0.4, -0.2) is 30.5 Å². The molecule has 1 aromatic carbocycles. The van der Waals surface area contributed by atoms with Crippen molar-refractivity contribution < 1.29 is 4.79 Å². The summed E-state index contributed by atoms with van der Waals surface area (Å²) in [6.07, 6.45) is 3.55. The summed E-state index contributed by atoms with van der Waals surface area (Å²) in [5, 5.41) is 13.0. The van der Waals surface area contributed by atoms with E-state index in [0.717, 1.165) is 31.7 Å². The first kappa shape index (κ1) is 18.5. The van der Waals surface area contributed by atoms with Crippen molar-refractivity contribution in [3.05, 3.63) is 57.7 Å². The van der Waals surface area contributed by atoms with Crippen LogP contribution in [0.4, 0.5) is 5.82 Å². The molecule has 1 fully saturated rings. The molecule has 0 radical (unpaired) electrons. The van der Waals surface area contributed by atoms with E-state index in [1.54, 1.807) is 36.5 Å². The van der Waals surface area contributed by atoms with Crippen molar-refractivity contribution >= 4 is 34.9 Å². The first-order valence-electron chi connectivity index (χ1n) is 8.42. The molecule has 3 rings (SSSR count). The van der Waals surface area contributed by atoms with Crippen molar-refractivity contribution in [2.75, 3.05) is 24.5 Å². The number of piperidine rings is 1. The van der Waals surface area contributed by atoms with Crippen LogP contribution in [-0.2, 0) is 0 Å². The molecule has 0 unspecified atom stereocenters. The van der Waals surface area contributed by atoms with Gasteiger partial charge < -0.3 is 10.2 Å². The fourth-order valence-corrected chi connectivity index (χ4v) is 3.46. The molecule has 1 amide bonds. The lowest BCUT2D eigenvalue weighted by Gasteiger charge is -2.33. The SMILES string of the molecule is N#Cc1cccnc1N1CCC(CNC(=O)c2cc(Cl)ccc2Cl)CC1. The summed E-state index contributed by atoms with van der Waals surface area (Å²) in [5.74, 6) is 0.905. The number of nitriles is 1. The number of anilines is 1. The molecule has 5 nitrogen and oxygen atoms in total. The number of nitrogens with one attached hydrogen (secondary N) is 1. The van der Waals surface area contributed by atoms with E-state index in [9.17, 15) is 10.1 Å². The standard InChI is InChI=1S/C19H18Cl2N4O/c20-15-3-4-17(21)16(10-15)19(26)24-12-13-5-8-25(9-6-13)18-14(11-22)2-1-7-23-18/h1-4,7,10,13H,5-6,8-9,12H2,(H,24,26). The Morgan fingerprint density at radius 3 is 2.81 bits per heavy atom. The number of rotatable bonds is 4. The third-order valence-corrected chi connectivity index (χ3v) is 5.11. The minimum atomic E-state index is -0.212. The lowest BCUT2D eigenvalue weighted by molar-refractivity contribution is 0.0945. The first-order valence-corrected chi connectivity index (χ1v) is 9.17. The van der Waals surface area contributed by atoms with Gasteiger partial charge in [0.25, 0.3) is 5.91 Å². The van der Waals surface area contributed by atoms with Gasteiger partial charge >= 0.3 is 0 Å². The second kappa shape index (κ2) is 8.39. The summed E-state index contributed by atoms with van der Waals surface area (Å²) < 4.78 is 0. The quantitative estimate of drug-likeness (QED) is 0.861. The van der Waals surface area contributed by atoms with Gasteiger partial charge in [0.1, 0.15) is 11.9 Å². The predicted molar refractivity (Wildman–Crippen MR) is 103 cm³/mol. The number of hydrogen-bond acceptors (Lipinski definition) is 4. The van der Waals surface area contributed by atoms with E-state index in [-0.39, 0.29) is 5.91 Å². The molecule has 2 heterocycles. The van der Waals surface area contributed by atoms with Gasteiger partial charge in [0.2, 0.25) is 0 Å². The average Bonchev–Trinajstić information content (AvgIpc) is 2.68. The molecule has 7 heteroatoms. The van der Waals surface area contributed by atoms with Crippen molar-refractivity contribution in [3.63, 3.8) is 0 Å². The normalized spacial score (nSPS) is 14.7. The molecule has 0 aliphatic carbocycles. The summed E-state index contributed by atoms with van der Waals surface area (Å²) in [4.78, 5) is 18.8. The van der Waals surface area contributed by atoms with Gasteiger partial charge in [0.15, 0.2) is 0 Å². The third-order valence-electron chi connectivity index (χ3n) is 4.55. The van der Waals surface area contributed by atoms with Crippen LogP contribution < -0.4 is 10.2 Å². The molecule has 0 bridgehead atoms. The van der Waals surface area contributed by atoms with E-state index in [1.165, 1.54) is 0 Å². The Labute approximate surface area is 162 Å². The number of amides is 1. The number of aromatic nitrogens is 1. The van der Waals surface area contributed by atoms with Gasteiger partial charge in [-0.3, -0.25) is 4.79 Å². The topological polar surface area (TPSA) is 69.0 Å². The van der Waals surface area contributed by atoms with Crippen LogP contribution in [0.2, 0.25) is 10.0 Å². The van der Waals surface area contributed by atoms with Crippen LogP contribution in [0.25, 0.3) is 0 Å². The fourth-order valence-electron chi connectivity index (χ4n) is 3.09. The van der Waals surface area contributed by atoms with E-state index < -0.39 is 0 Å². The van der Waals surface area contributed by atoms with Crippen molar-refractivity contribution in [3.8, 4) is 6.07 Å². The van der Waals surface area contributed by atoms with E-state index in [1.807, 2.05) is 0 Å². The molecule has 1 N–H and O–H groups in total. The maximum atomic E-state index is 12.3. The van der Waals surface area contributed by atoms with Gasteiger partial charge in [-0.25, -0.2) is 4.98 Å². The number of nitrogens with zero attached hydrogens (tertiary/aromatic N) is 3. The maximum absolute atomic E-state index is 12.3. The van der Waals surface area contributed by atoms with Crippen molar-refractivity contribution in [2.45, 2.75) is 12.8 Å². The molecule has 1 aliphatic heterocycles. The molecule has 2 aromatic rings. The van der Waals surface area contributed by atoms with Crippen LogP contribution in [0.5, 0.6) is 0 Å². The highest BCUT2D eigenvalue weighted by molar-refractivity contribution is 6.35. The molecule has 1 saturated heterocycles. The minimum absolute atomic E-state index is 0.212. The number of benzene rings is 1. The van der Waals surface area contributed by atoms with E-state index in [0.29, 0.717) is 33.6 Å². The maximum Gasteiger partial charge on any atom is 0.252 e. The molecule has 0 spiro atoms. The zero-order chi connectivity index (χ0) is 18.5. The zero-order valence-corrected chi connectivity index (χ0v) is 15.6. The second-order valence-electron chi connectivity index (χ2n) is 6.25. The highest BCUT2D eigenvalue weighted by Crippen LogP contribution is 2.24. The summed E-state index contributed by atoms with van der Waals surface area (Å²) in [5.41, 5.74) is 0.985. The van der Waals surface area contributed by atoms with Crippen LogP contribution in [0.15, 0.2) is 36.5 Å². The van der Waals surface area contributed by atoms with E-state index in [2.05, 4.69) is 21.3 Å². The number of pyridine rings is 1.